The van der Waals surface area contributed by atoms with Crippen LogP contribution in [0.1, 0.15) is 13.8 Å². The summed E-state index contributed by atoms with van der Waals surface area (Å²) < 4.78 is 24.5. The summed E-state index contributed by atoms with van der Waals surface area (Å²) in [5.41, 5.74) is 6.16. The minimum absolute atomic E-state index is 0.321. The zero-order valence-corrected chi connectivity index (χ0v) is 12.2. The third kappa shape index (κ3) is 5.08. The van der Waals surface area contributed by atoms with E-state index >= 15 is 0 Å². The number of nitrogen functional groups attached to an aromatic ring is 1. The lowest BCUT2D eigenvalue weighted by atomic mass is 10.2. The number of hydrogen-bond donors (Lipinski definition) is 1. The highest BCUT2D eigenvalue weighted by molar-refractivity contribution is 14.1. The number of rotatable bonds is 6. The van der Waals surface area contributed by atoms with Crippen LogP contribution in [0.25, 0.3) is 0 Å². The van der Waals surface area contributed by atoms with E-state index in [4.69, 9.17) is 15.2 Å². The molecule has 0 atom stereocenters. The summed E-state index contributed by atoms with van der Waals surface area (Å²) >= 11 is 1.89. The van der Waals surface area contributed by atoms with E-state index in [9.17, 15) is 4.39 Å². The Balaban J connectivity index is 2.39. The fraction of sp³-hybridized carbons (Fsp3) is 0.500. The summed E-state index contributed by atoms with van der Waals surface area (Å²) in [5.74, 6) is 0.546. The summed E-state index contributed by atoms with van der Waals surface area (Å²) in [6, 6.07) is 2.86. The third-order valence-electron chi connectivity index (χ3n) is 1.99. The van der Waals surface area contributed by atoms with E-state index in [0.29, 0.717) is 40.7 Å². The van der Waals surface area contributed by atoms with E-state index < -0.39 is 0 Å². The smallest absolute Gasteiger partial charge is 0.145 e. The Morgan fingerprint density at radius 2 is 2.06 bits per heavy atom. The molecule has 96 valence electrons. The molecule has 0 fully saturated rings. The molecule has 17 heavy (non-hydrogen) atoms. The van der Waals surface area contributed by atoms with Crippen molar-refractivity contribution in [1.29, 1.82) is 0 Å². The molecule has 0 aliphatic carbocycles. The second-order valence-corrected chi connectivity index (χ2v) is 5.28. The average molecular weight is 353 g/mol. The van der Waals surface area contributed by atoms with Crippen molar-refractivity contribution in [2.75, 3.05) is 25.6 Å². The van der Waals surface area contributed by atoms with Gasteiger partial charge >= 0.3 is 0 Å². The predicted octanol–water partition coefficient (Wildman–Crippen LogP) is 3.06. The van der Waals surface area contributed by atoms with Gasteiger partial charge in [-0.2, -0.15) is 0 Å². The summed E-state index contributed by atoms with van der Waals surface area (Å²) in [5, 5.41) is 0. The Morgan fingerprint density at radius 1 is 1.35 bits per heavy atom. The van der Waals surface area contributed by atoms with Crippen molar-refractivity contribution in [3.63, 3.8) is 0 Å². The molecule has 0 unspecified atom stereocenters. The molecule has 1 aromatic carbocycles. The highest BCUT2D eigenvalue weighted by atomic mass is 127. The average Bonchev–Trinajstić information content (AvgIpc) is 2.24. The zero-order chi connectivity index (χ0) is 12.8. The summed E-state index contributed by atoms with van der Waals surface area (Å²) in [4.78, 5) is 0. The summed E-state index contributed by atoms with van der Waals surface area (Å²) in [6.07, 6.45) is 0. The first kappa shape index (κ1) is 14.5. The molecule has 0 bridgehead atoms. The fourth-order valence-corrected chi connectivity index (χ4v) is 1.69. The van der Waals surface area contributed by atoms with Crippen LogP contribution in [0.5, 0.6) is 5.75 Å². The maximum Gasteiger partial charge on any atom is 0.145 e. The number of ether oxygens (including phenoxy) is 2. The number of benzene rings is 1. The molecular formula is C12H17FINO2. The van der Waals surface area contributed by atoms with E-state index in [1.54, 1.807) is 6.07 Å². The van der Waals surface area contributed by atoms with Crippen molar-refractivity contribution in [2.24, 2.45) is 5.92 Å². The van der Waals surface area contributed by atoms with Gasteiger partial charge in [-0.15, -0.1) is 0 Å². The lowest BCUT2D eigenvalue weighted by molar-refractivity contribution is 0.0820. The molecule has 1 rings (SSSR count). The van der Waals surface area contributed by atoms with Crippen LogP contribution in [0, 0.1) is 15.3 Å². The van der Waals surface area contributed by atoms with Crippen molar-refractivity contribution in [1.82, 2.24) is 0 Å². The minimum Gasteiger partial charge on any atom is -0.489 e. The SMILES string of the molecule is CC(C)COCCOc1cc(F)c(I)cc1N. The molecule has 0 saturated heterocycles. The van der Waals surface area contributed by atoms with Gasteiger partial charge in [0.15, 0.2) is 0 Å². The van der Waals surface area contributed by atoms with Gasteiger partial charge in [0, 0.05) is 12.7 Å². The second-order valence-electron chi connectivity index (χ2n) is 4.12. The molecule has 0 aliphatic rings. The first-order valence-electron chi connectivity index (χ1n) is 5.45. The third-order valence-corrected chi connectivity index (χ3v) is 2.82. The molecule has 0 aliphatic heterocycles. The van der Waals surface area contributed by atoms with Crippen LogP contribution in [0.15, 0.2) is 12.1 Å². The van der Waals surface area contributed by atoms with Gasteiger partial charge in [-0.1, -0.05) is 13.8 Å². The van der Waals surface area contributed by atoms with E-state index in [1.165, 1.54) is 6.07 Å². The molecular weight excluding hydrogens is 336 g/mol. The summed E-state index contributed by atoms with van der Waals surface area (Å²) in [7, 11) is 0. The number of halogens is 2. The van der Waals surface area contributed by atoms with Crippen LogP contribution in [0.2, 0.25) is 0 Å². The van der Waals surface area contributed by atoms with Crippen molar-refractivity contribution in [2.45, 2.75) is 13.8 Å². The van der Waals surface area contributed by atoms with E-state index in [2.05, 4.69) is 13.8 Å². The molecule has 0 radical (unpaired) electrons. The molecule has 0 saturated carbocycles. The fourth-order valence-electron chi connectivity index (χ4n) is 1.20. The minimum atomic E-state index is -0.321. The Kier molecular flexibility index (Phi) is 5.97. The molecule has 2 N–H and O–H groups in total. The van der Waals surface area contributed by atoms with Crippen molar-refractivity contribution in [3.8, 4) is 5.75 Å². The van der Waals surface area contributed by atoms with Crippen LogP contribution >= 0.6 is 22.6 Å². The van der Waals surface area contributed by atoms with Crippen molar-refractivity contribution in [3.05, 3.63) is 21.5 Å². The first-order valence-corrected chi connectivity index (χ1v) is 6.53. The van der Waals surface area contributed by atoms with Crippen molar-refractivity contribution < 1.29 is 13.9 Å². The normalized spacial score (nSPS) is 10.9. The first-order chi connectivity index (χ1) is 8.00. The second kappa shape index (κ2) is 7.00. The van der Waals surface area contributed by atoms with Crippen LogP contribution < -0.4 is 10.5 Å². The largest absolute Gasteiger partial charge is 0.489 e. The topological polar surface area (TPSA) is 44.5 Å². The predicted molar refractivity (Wildman–Crippen MR) is 74.7 cm³/mol. The van der Waals surface area contributed by atoms with Gasteiger partial charge in [-0.25, -0.2) is 4.39 Å². The Morgan fingerprint density at radius 3 is 2.71 bits per heavy atom. The molecule has 3 nitrogen and oxygen atoms in total. The highest BCUT2D eigenvalue weighted by Gasteiger charge is 2.06. The van der Waals surface area contributed by atoms with Crippen LogP contribution in [-0.2, 0) is 4.74 Å². The molecule has 1 aromatic rings. The van der Waals surface area contributed by atoms with Gasteiger partial charge in [-0.3, -0.25) is 0 Å². The molecule has 5 heteroatoms. The Hall–Kier alpha value is -0.560. The zero-order valence-electron chi connectivity index (χ0n) is 10.0. The van der Waals surface area contributed by atoms with Gasteiger partial charge < -0.3 is 15.2 Å². The lowest BCUT2D eigenvalue weighted by Crippen LogP contribution is -2.11. The molecule has 0 amide bonds. The standard InChI is InChI=1S/C12H17FINO2/c1-8(2)7-16-3-4-17-12-5-9(13)10(14)6-11(12)15/h5-6,8H,3-4,7,15H2,1-2H3. The number of nitrogens with two attached hydrogens (primary N) is 1. The van der Waals surface area contributed by atoms with Gasteiger partial charge in [-0.05, 0) is 34.6 Å². The monoisotopic (exact) mass is 353 g/mol. The van der Waals surface area contributed by atoms with Gasteiger partial charge in [0.25, 0.3) is 0 Å². The molecule has 0 heterocycles. The number of anilines is 1. The maximum atomic E-state index is 13.3. The summed E-state index contributed by atoms with van der Waals surface area (Å²) in [6.45, 7) is 5.70. The Bertz CT molecular complexity index is 372. The van der Waals surface area contributed by atoms with Gasteiger partial charge in [0.1, 0.15) is 18.2 Å². The Labute approximate surface area is 115 Å². The van der Waals surface area contributed by atoms with Gasteiger partial charge in [0.05, 0.1) is 15.9 Å². The highest BCUT2D eigenvalue weighted by Crippen LogP contribution is 2.26. The van der Waals surface area contributed by atoms with Crippen LogP contribution in [-0.4, -0.2) is 19.8 Å². The number of hydrogen-bond acceptors (Lipinski definition) is 3. The molecule has 0 aromatic heterocycles. The quantitative estimate of drug-likeness (QED) is 0.486. The van der Waals surface area contributed by atoms with Crippen LogP contribution in [0.4, 0.5) is 10.1 Å². The lowest BCUT2D eigenvalue weighted by Gasteiger charge is -2.11. The van der Waals surface area contributed by atoms with E-state index in [1.807, 2.05) is 22.6 Å². The maximum absolute atomic E-state index is 13.3. The van der Waals surface area contributed by atoms with E-state index in [-0.39, 0.29) is 5.82 Å². The van der Waals surface area contributed by atoms with Crippen LogP contribution in [0.3, 0.4) is 0 Å². The molecule has 0 spiro atoms. The van der Waals surface area contributed by atoms with Crippen molar-refractivity contribution >= 4 is 28.3 Å². The van der Waals surface area contributed by atoms with Gasteiger partial charge in [0.2, 0.25) is 0 Å². The van der Waals surface area contributed by atoms with E-state index in [0.717, 1.165) is 0 Å².